The summed E-state index contributed by atoms with van der Waals surface area (Å²) in [7, 11) is 0. The number of benzene rings is 1. The third-order valence-corrected chi connectivity index (χ3v) is 5.69. The van der Waals surface area contributed by atoms with Crippen LogP contribution in [0.2, 0.25) is 5.02 Å². The summed E-state index contributed by atoms with van der Waals surface area (Å²) >= 11 is 6.26. The summed E-state index contributed by atoms with van der Waals surface area (Å²) in [6.45, 7) is 5.94. The van der Waals surface area contributed by atoms with Gasteiger partial charge in [0.25, 0.3) is 0 Å². The van der Waals surface area contributed by atoms with Crippen LogP contribution in [0.3, 0.4) is 0 Å². The average molecular weight is 278 g/mol. The second-order valence-corrected chi connectivity index (χ2v) is 7.19. The van der Waals surface area contributed by atoms with Gasteiger partial charge in [-0.05, 0) is 54.6 Å². The lowest BCUT2D eigenvalue weighted by molar-refractivity contribution is 0.247. The zero-order valence-corrected chi connectivity index (χ0v) is 12.7. The monoisotopic (exact) mass is 277 g/mol. The van der Waals surface area contributed by atoms with E-state index in [2.05, 4.69) is 31.3 Å². The van der Waals surface area contributed by atoms with Crippen LogP contribution < -0.4 is 5.32 Å². The van der Waals surface area contributed by atoms with Gasteiger partial charge in [0, 0.05) is 17.6 Å². The Bertz CT molecular complexity index is 444. The van der Waals surface area contributed by atoms with Gasteiger partial charge < -0.3 is 5.32 Å². The molecule has 1 aromatic rings. The molecule has 1 nitrogen and oxygen atoms in total. The molecule has 1 aromatic carbocycles. The van der Waals surface area contributed by atoms with Crippen molar-refractivity contribution >= 4 is 11.6 Å². The van der Waals surface area contributed by atoms with Crippen LogP contribution in [-0.2, 0) is 0 Å². The van der Waals surface area contributed by atoms with Gasteiger partial charge >= 0.3 is 0 Å². The maximum Gasteiger partial charge on any atom is 0.0440 e. The Kier molecular flexibility index (Phi) is 3.61. The highest BCUT2D eigenvalue weighted by Crippen LogP contribution is 2.51. The molecule has 1 N–H and O–H groups in total. The van der Waals surface area contributed by atoms with Gasteiger partial charge in [-0.2, -0.15) is 0 Å². The molecule has 0 spiro atoms. The largest absolute Gasteiger partial charge is 0.313 e. The summed E-state index contributed by atoms with van der Waals surface area (Å²) in [4.78, 5) is 0. The zero-order valence-electron chi connectivity index (χ0n) is 12.0. The normalized spacial score (nSPS) is 28.2. The van der Waals surface area contributed by atoms with Crippen LogP contribution >= 0.6 is 11.6 Å². The summed E-state index contributed by atoms with van der Waals surface area (Å²) in [6, 6.07) is 9.01. The Labute approximate surface area is 121 Å². The number of nitrogens with one attached hydrogen (secondary N) is 1. The van der Waals surface area contributed by atoms with Crippen LogP contribution in [0, 0.1) is 11.3 Å². The third kappa shape index (κ3) is 2.68. The van der Waals surface area contributed by atoms with E-state index in [-0.39, 0.29) is 0 Å². The molecule has 0 heterocycles. The molecule has 2 aliphatic rings. The van der Waals surface area contributed by atoms with Gasteiger partial charge in [-0.1, -0.05) is 43.6 Å². The summed E-state index contributed by atoms with van der Waals surface area (Å²) in [5, 5.41) is 4.72. The molecule has 19 heavy (non-hydrogen) atoms. The molecule has 0 atom stereocenters. The lowest BCUT2D eigenvalue weighted by Crippen LogP contribution is -2.43. The standard InChI is InChI=1S/C17H24ClN/c1-12(2)17(7-8-17)11-19-14-9-13(10-14)15-5-3-4-6-16(15)18/h3-6,12-14,19H,7-11H2,1-2H3. The molecule has 0 saturated heterocycles. The zero-order chi connectivity index (χ0) is 13.5. The molecule has 0 unspecified atom stereocenters. The predicted octanol–water partition coefficient (Wildman–Crippen LogP) is 4.61. The quantitative estimate of drug-likeness (QED) is 0.829. The molecular weight excluding hydrogens is 254 g/mol. The van der Waals surface area contributed by atoms with E-state index in [1.165, 1.54) is 37.8 Å². The fraction of sp³-hybridized carbons (Fsp3) is 0.647. The molecule has 0 radical (unpaired) electrons. The fourth-order valence-electron chi connectivity index (χ4n) is 3.31. The molecule has 2 fully saturated rings. The summed E-state index contributed by atoms with van der Waals surface area (Å²) in [5.41, 5.74) is 1.96. The first kappa shape index (κ1) is 13.5. The first-order chi connectivity index (χ1) is 9.11. The Hall–Kier alpha value is -0.530. The minimum absolute atomic E-state index is 0.621. The number of halogens is 1. The van der Waals surface area contributed by atoms with E-state index in [4.69, 9.17) is 11.6 Å². The number of hydrogen-bond donors (Lipinski definition) is 1. The second kappa shape index (κ2) is 5.10. The molecule has 0 bridgehead atoms. The fourth-order valence-corrected chi connectivity index (χ4v) is 3.60. The maximum atomic E-state index is 6.26. The van der Waals surface area contributed by atoms with Gasteiger partial charge in [0.05, 0.1) is 0 Å². The van der Waals surface area contributed by atoms with Crippen LogP contribution in [-0.4, -0.2) is 12.6 Å². The van der Waals surface area contributed by atoms with Crippen LogP contribution in [0.25, 0.3) is 0 Å². The SMILES string of the molecule is CC(C)C1(CNC2CC(c3ccccc3Cl)C2)CC1. The molecular formula is C17H24ClN. The van der Waals surface area contributed by atoms with Gasteiger partial charge in [0.1, 0.15) is 0 Å². The van der Waals surface area contributed by atoms with Crippen LogP contribution in [0.5, 0.6) is 0 Å². The molecule has 3 rings (SSSR count). The van der Waals surface area contributed by atoms with Crippen LogP contribution in [0.15, 0.2) is 24.3 Å². The first-order valence-corrected chi connectivity index (χ1v) is 7.96. The van der Waals surface area contributed by atoms with Crippen molar-refractivity contribution in [3.8, 4) is 0 Å². The average Bonchev–Trinajstić information content (AvgIpc) is 3.10. The number of rotatable bonds is 5. The topological polar surface area (TPSA) is 12.0 Å². The van der Waals surface area contributed by atoms with E-state index < -0.39 is 0 Å². The maximum absolute atomic E-state index is 6.26. The van der Waals surface area contributed by atoms with Crippen molar-refractivity contribution in [2.75, 3.05) is 6.54 Å². The highest BCUT2D eigenvalue weighted by molar-refractivity contribution is 6.31. The molecule has 0 aromatic heterocycles. The van der Waals surface area contributed by atoms with E-state index in [1.807, 2.05) is 12.1 Å². The van der Waals surface area contributed by atoms with E-state index >= 15 is 0 Å². The van der Waals surface area contributed by atoms with E-state index in [9.17, 15) is 0 Å². The van der Waals surface area contributed by atoms with Crippen molar-refractivity contribution < 1.29 is 0 Å². The lowest BCUT2D eigenvalue weighted by Gasteiger charge is -2.38. The van der Waals surface area contributed by atoms with Gasteiger partial charge in [0.15, 0.2) is 0 Å². The Morgan fingerprint density at radius 3 is 2.53 bits per heavy atom. The van der Waals surface area contributed by atoms with Crippen molar-refractivity contribution in [1.82, 2.24) is 5.32 Å². The van der Waals surface area contributed by atoms with Crippen molar-refractivity contribution in [3.63, 3.8) is 0 Å². The molecule has 104 valence electrons. The number of hydrogen-bond acceptors (Lipinski definition) is 1. The minimum Gasteiger partial charge on any atom is -0.313 e. The van der Waals surface area contributed by atoms with Crippen molar-refractivity contribution in [2.45, 2.75) is 51.5 Å². The van der Waals surface area contributed by atoms with Gasteiger partial charge in [-0.3, -0.25) is 0 Å². The lowest BCUT2D eigenvalue weighted by atomic mass is 9.75. The molecule has 0 aliphatic heterocycles. The molecule has 0 amide bonds. The molecule has 2 saturated carbocycles. The van der Waals surface area contributed by atoms with Gasteiger partial charge in [-0.25, -0.2) is 0 Å². The Morgan fingerprint density at radius 2 is 1.95 bits per heavy atom. The van der Waals surface area contributed by atoms with Crippen molar-refractivity contribution in [2.24, 2.45) is 11.3 Å². The smallest absolute Gasteiger partial charge is 0.0440 e. The summed E-state index contributed by atoms with van der Waals surface area (Å²) in [5.74, 6) is 1.49. The summed E-state index contributed by atoms with van der Waals surface area (Å²) in [6.07, 6.45) is 5.33. The van der Waals surface area contributed by atoms with E-state index in [0.29, 0.717) is 17.4 Å². The van der Waals surface area contributed by atoms with Crippen molar-refractivity contribution in [3.05, 3.63) is 34.9 Å². The van der Waals surface area contributed by atoms with E-state index in [0.717, 1.165) is 10.9 Å². The predicted molar refractivity (Wildman–Crippen MR) is 81.7 cm³/mol. The van der Waals surface area contributed by atoms with Crippen LogP contribution in [0.1, 0.15) is 51.0 Å². The Morgan fingerprint density at radius 1 is 1.26 bits per heavy atom. The highest BCUT2D eigenvalue weighted by Gasteiger charge is 2.45. The van der Waals surface area contributed by atoms with Crippen molar-refractivity contribution in [1.29, 1.82) is 0 Å². The minimum atomic E-state index is 0.621. The van der Waals surface area contributed by atoms with Gasteiger partial charge in [-0.15, -0.1) is 0 Å². The summed E-state index contributed by atoms with van der Waals surface area (Å²) < 4.78 is 0. The molecule has 2 heteroatoms. The van der Waals surface area contributed by atoms with Crippen LogP contribution in [0.4, 0.5) is 0 Å². The van der Waals surface area contributed by atoms with E-state index in [1.54, 1.807) is 0 Å². The second-order valence-electron chi connectivity index (χ2n) is 6.78. The highest BCUT2D eigenvalue weighted by atomic mass is 35.5. The van der Waals surface area contributed by atoms with Gasteiger partial charge in [0.2, 0.25) is 0 Å². The first-order valence-electron chi connectivity index (χ1n) is 7.58. The Balaban J connectivity index is 1.47. The molecule has 2 aliphatic carbocycles. The third-order valence-electron chi connectivity index (χ3n) is 5.34.